The first-order chi connectivity index (χ1) is 11.8. The summed E-state index contributed by atoms with van der Waals surface area (Å²) in [7, 11) is 0. The van der Waals surface area contributed by atoms with Gasteiger partial charge in [0.25, 0.3) is 0 Å². The number of hydrogen-bond acceptors (Lipinski definition) is 4. The normalized spacial score (nSPS) is 19.9. The first-order valence-electron chi connectivity index (χ1n) is 7.64. The monoisotopic (exact) mass is 373 g/mol. The molecule has 2 atom stereocenters. The van der Waals surface area contributed by atoms with Crippen molar-refractivity contribution >= 4 is 23.4 Å². The molecule has 0 saturated carbocycles. The Morgan fingerprint density at radius 2 is 2.08 bits per heavy atom. The molecular weight excluding hydrogens is 359 g/mol. The van der Waals surface area contributed by atoms with Crippen molar-refractivity contribution in [2.75, 3.05) is 11.9 Å². The molecule has 0 spiro atoms. The maximum absolute atomic E-state index is 13.5. The average Bonchev–Trinajstić information content (AvgIpc) is 2.97. The van der Waals surface area contributed by atoms with Gasteiger partial charge in [-0.05, 0) is 24.6 Å². The first kappa shape index (κ1) is 17.6. The van der Waals surface area contributed by atoms with Crippen LogP contribution in [-0.2, 0) is 4.74 Å². The van der Waals surface area contributed by atoms with Gasteiger partial charge in [-0.15, -0.1) is 0 Å². The van der Waals surface area contributed by atoms with Gasteiger partial charge in [0.05, 0.1) is 18.8 Å². The lowest BCUT2D eigenvalue weighted by Crippen LogP contribution is -2.36. The van der Waals surface area contributed by atoms with E-state index in [2.05, 4.69) is 10.4 Å². The Labute approximate surface area is 146 Å². The molecule has 0 radical (unpaired) electrons. The number of esters is 1. The van der Waals surface area contributed by atoms with Crippen LogP contribution < -0.4 is 5.32 Å². The van der Waals surface area contributed by atoms with Crippen LogP contribution in [0.2, 0.25) is 5.02 Å². The van der Waals surface area contributed by atoms with Crippen molar-refractivity contribution in [3.05, 3.63) is 46.6 Å². The topological polar surface area (TPSA) is 56.1 Å². The summed E-state index contributed by atoms with van der Waals surface area (Å²) in [5.41, 5.74) is 0.621. The fourth-order valence-corrected chi connectivity index (χ4v) is 2.96. The number of anilines is 1. The van der Waals surface area contributed by atoms with Gasteiger partial charge < -0.3 is 10.1 Å². The molecule has 0 bridgehead atoms. The number of aromatic nitrogens is 2. The molecule has 134 valence electrons. The predicted molar refractivity (Wildman–Crippen MR) is 85.7 cm³/mol. The van der Waals surface area contributed by atoms with E-state index < -0.39 is 24.2 Å². The Balaban J connectivity index is 2.02. The SMILES string of the molecule is CCOC(=O)c1cnn2c1N[C@@H](c1ccc(Cl)cc1)C[C@@H]2C(F)(F)F. The third-order valence-corrected chi connectivity index (χ3v) is 4.26. The zero-order valence-corrected chi connectivity index (χ0v) is 13.9. The molecule has 1 aliphatic rings. The van der Waals surface area contributed by atoms with Crippen molar-refractivity contribution < 1.29 is 22.7 Å². The van der Waals surface area contributed by atoms with Gasteiger partial charge in [0.1, 0.15) is 11.4 Å². The van der Waals surface area contributed by atoms with Crippen LogP contribution in [0.5, 0.6) is 0 Å². The van der Waals surface area contributed by atoms with E-state index in [0.717, 1.165) is 10.9 Å². The summed E-state index contributed by atoms with van der Waals surface area (Å²) in [6, 6.07) is 4.06. The number of halogens is 4. The van der Waals surface area contributed by atoms with E-state index in [9.17, 15) is 18.0 Å². The van der Waals surface area contributed by atoms with Gasteiger partial charge in [-0.3, -0.25) is 0 Å². The van der Waals surface area contributed by atoms with Crippen LogP contribution in [0.3, 0.4) is 0 Å². The summed E-state index contributed by atoms with van der Waals surface area (Å²) in [5, 5.41) is 7.23. The highest BCUT2D eigenvalue weighted by molar-refractivity contribution is 6.30. The number of nitrogens with one attached hydrogen (secondary N) is 1. The fourth-order valence-electron chi connectivity index (χ4n) is 2.83. The van der Waals surface area contributed by atoms with Crippen molar-refractivity contribution in [1.29, 1.82) is 0 Å². The summed E-state index contributed by atoms with van der Waals surface area (Å²) in [4.78, 5) is 12.0. The Morgan fingerprint density at radius 1 is 1.40 bits per heavy atom. The fraction of sp³-hybridized carbons (Fsp3) is 0.375. The molecule has 25 heavy (non-hydrogen) atoms. The average molecular weight is 374 g/mol. The number of nitrogens with zero attached hydrogens (tertiary/aromatic N) is 2. The zero-order chi connectivity index (χ0) is 18.2. The van der Waals surface area contributed by atoms with E-state index >= 15 is 0 Å². The van der Waals surface area contributed by atoms with Gasteiger partial charge >= 0.3 is 12.1 Å². The maximum Gasteiger partial charge on any atom is 0.410 e. The molecule has 5 nitrogen and oxygen atoms in total. The number of fused-ring (bicyclic) bond motifs is 1. The molecule has 3 rings (SSSR count). The summed E-state index contributed by atoms with van der Waals surface area (Å²) < 4.78 is 46.2. The van der Waals surface area contributed by atoms with Gasteiger partial charge in [-0.1, -0.05) is 23.7 Å². The second-order valence-electron chi connectivity index (χ2n) is 5.61. The van der Waals surface area contributed by atoms with E-state index in [1.54, 1.807) is 31.2 Å². The van der Waals surface area contributed by atoms with E-state index in [1.807, 2.05) is 0 Å². The molecular formula is C16H15ClF3N3O2. The Bertz CT molecular complexity index is 774. The smallest absolute Gasteiger partial charge is 0.410 e. The molecule has 0 saturated heterocycles. The second-order valence-corrected chi connectivity index (χ2v) is 6.05. The minimum absolute atomic E-state index is 0.00646. The standard InChI is InChI=1S/C16H15ClF3N3O2/c1-2-25-15(24)11-8-21-23-13(16(18,19)20)7-12(22-14(11)23)9-3-5-10(17)6-4-9/h3-6,8,12-13,22H,2,7H2,1H3/t12-,13-/m1/s1. The van der Waals surface area contributed by atoms with Gasteiger partial charge in [0.15, 0.2) is 6.04 Å². The van der Waals surface area contributed by atoms with E-state index in [-0.39, 0.29) is 24.4 Å². The number of benzene rings is 1. The van der Waals surface area contributed by atoms with Crippen LogP contribution in [0, 0.1) is 0 Å². The zero-order valence-electron chi connectivity index (χ0n) is 13.2. The molecule has 0 aliphatic carbocycles. The number of hydrogen-bond donors (Lipinski definition) is 1. The highest BCUT2D eigenvalue weighted by atomic mass is 35.5. The predicted octanol–water partition coefficient (Wildman–Crippen LogP) is 4.37. The van der Waals surface area contributed by atoms with Crippen LogP contribution in [0.1, 0.15) is 41.3 Å². The van der Waals surface area contributed by atoms with Crippen molar-refractivity contribution in [3.8, 4) is 0 Å². The van der Waals surface area contributed by atoms with Crippen LogP contribution in [-0.4, -0.2) is 28.5 Å². The van der Waals surface area contributed by atoms with Crippen LogP contribution in [0.15, 0.2) is 30.5 Å². The Morgan fingerprint density at radius 3 is 2.68 bits per heavy atom. The minimum Gasteiger partial charge on any atom is -0.462 e. The van der Waals surface area contributed by atoms with E-state index in [0.29, 0.717) is 10.6 Å². The number of alkyl halides is 3. The van der Waals surface area contributed by atoms with Crippen molar-refractivity contribution in [3.63, 3.8) is 0 Å². The highest BCUT2D eigenvalue weighted by Crippen LogP contribution is 2.44. The lowest BCUT2D eigenvalue weighted by Gasteiger charge is -2.34. The summed E-state index contributed by atoms with van der Waals surface area (Å²) in [5.74, 6) is -0.707. The summed E-state index contributed by atoms with van der Waals surface area (Å²) in [6.45, 7) is 1.74. The van der Waals surface area contributed by atoms with Crippen molar-refractivity contribution in [2.45, 2.75) is 31.6 Å². The van der Waals surface area contributed by atoms with Crippen LogP contribution >= 0.6 is 11.6 Å². The van der Waals surface area contributed by atoms with Gasteiger partial charge in [-0.2, -0.15) is 18.3 Å². The largest absolute Gasteiger partial charge is 0.462 e. The third kappa shape index (κ3) is 3.44. The second kappa shape index (κ2) is 6.59. The minimum atomic E-state index is -4.50. The van der Waals surface area contributed by atoms with Gasteiger partial charge in [-0.25, -0.2) is 9.48 Å². The maximum atomic E-state index is 13.5. The molecule has 1 aromatic heterocycles. The third-order valence-electron chi connectivity index (χ3n) is 4.01. The lowest BCUT2D eigenvalue weighted by atomic mass is 9.96. The number of ether oxygens (including phenoxy) is 1. The Hall–Kier alpha value is -2.22. The lowest BCUT2D eigenvalue weighted by molar-refractivity contribution is -0.173. The summed E-state index contributed by atoms with van der Waals surface area (Å²) in [6.07, 6.45) is -3.65. The highest BCUT2D eigenvalue weighted by Gasteiger charge is 2.47. The van der Waals surface area contributed by atoms with Crippen LogP contribution in [0.25, 0.3) is 0 Å². The van der Waals surface area contributed by atoms with Crippen molar-refractivity contribution in [2.24, 2.45) is 0 Å². The summed E-state index contributed by atoms with van der Waals surface area (Å²) >= 11 is 5.84. The van der Waals surface area contributed by atoms with Gasteiger partial charge in [0, 0.05) is 11.4 Å². The molecule has 0 amide bonds. The molecule has 2 heterocycles. The van der Waals surface area contributed by atoms with Gasteiger partial charge in [0.2, 0.25) is 0 Å². The number of carbonyl (C=O) groups excluding carboxylic acids is 1. The van der Waals surface area contributed by atoms with Crippen LogP contribution in [0.4, 0.5) is 19.0 Å². The molecule has 1 N–H and O–H groups in total. The molecule has 9 heteroatoms. The quantitative estimate of drug-likeness (QED) is 0.811. The molecule has 0 unspecified atom stereocenters. The van der Waals surface area contributed by atoms with Crippen molar-refractivity contribution in [1.82, 2.24) is 9.78 Å². The first-order valence-corrected chi connectivity index (χ1v) is 8.02. The Kier molecular flexibility index (Phi) is 4.64. The number of rotatable bonds is 3. The van der Waals surface area contributed by atoms with E-state index in [4.69, 9.17) is 16.3 Å². The van der Waals surface area contributed by atoms with E-state index in [1.165, 1.54) is 0 Å². The molecule has 1 aromatic carbocycles. The molecule has 1 aliphatic heterocycles. The molecule has 0 fully saturated rings. The number of carbonyl (C=O) groups is 1. The molecule has 2 aromatic rings.